The number of nitrogens with one attached hydrogen (secondary N) is 1. The fourth-order valence-electron chi connectivity index (χ4n) is 4.36. The zero-order chi connectivity index (χ0) is 16.6. The molecule has 2 atom stereocenters. The SMILES string of the molecule is CC(C)(C(=O)NC1C2CCCC1CC(N)C2)c1cccc(F)c1.Cl. The number of nitrogens with two attached hydrogens (primary N) is 1. The number of amides is 1. The van der Waals surface area contributed by atoms with Gasteiger partial charge in [0.1, 0.15) is 5.82 Å². The highest BCUT2D eigenvalue weighted by Crippen LogP contribution is 2.40. The average Bonchev–Trinajstić information content (AvgIpc) is 2.48. The Morgan fingerprint density at radius 1 is 1.25 bits per heavy atom. The molecule has 2 aliphatic rings. The molecule has 134 valence electrons. The van der Waals surface area contributed by atoms with E-state index in [0.717, 1.165) is 25.7 Å². The summed E-state index contributed by atoms with van der Waals surface area (Å²) in [6.45, 7) is 3.73. The second-order valence-electron chi connectivity index (χ2n) is 7.82. The number of benzene rings is 1. The molecule has 0 aliphatic heterocycles. The molecule has 3 N–H and O–H groups in total. The van der Waals surface area contributed by atoms with Gasteiger partial charge in [-0.1, -0.05) is 18.6 Å². The van der Waals surface area contributed by atoms with Crippen LogP contribution in [-0.2, 0) is 10.2 Å². The first kappa shape index (κ1) is 19.2. The molecule has 3 rings (SSSR count). The number of carbonyl (C=O) groups is 1. The number of hydrogen-bond donors (Lipinski definition) is 2. The molecular formula is C19H28ClFN2O. The van der Waals surface area contributed by atoms with E-state index in [1.54, 1.807) is 6.07 Å². The summed E-state index contributed by atoms with van der Waals surface area (Å²) in [5.74, 6) is 0.666. The third-order valence-corrected chi connectivity index (χ3v) is 5.79. The molecule has 2 saturated carbocycles. The van der Waals surface area contributed by atoms with Crippen molar-refractivity contribution in [2.24, 2.45) is 17.6 Å². The van der Waals surface area contributed by atoms with E-state index in [9.17, 15) is 9.18 Å². The first-order valence-electron chi connectivity index (χ1n) is 8.70. The van der Waals surface area contributed by atoms with Crippen LogP contribution in [0, 0.1) is 17.7 Å². The molecule has 2 unspecified atom stereocenters. The summed E-state index contributed by atoms with van der Waals surface area (Å²) >= 11 is 0. The molecule has 2 fully saturated rings. The maximum absolute atomic E-state index is 13.5. The predicted octanol–water partition coefficient (Wildman–Crippen LogP) is 3.55. The van der Waals surface area contributed by atoms with Crippen molar-refractivity contribution in [3.8, 4) is 0 Å². The van der Waals surface area contributed by atoms with Gasteiger partial charge in [0.25, 0.3) is 0 Å². The quantitative estimate of drug-likeness (QED) is 0.872. The summed E-state index contributed by atoms with van der Waals surface area (Å²) in [4.78, 5) is 12.9. The summed E-state index contributed by atoms with van der Waals surface area (Å²) in [6.07, 6.45) is 5.54. The van der Waals surface area contributed by atoms with Gasteiger partial charge in [0.15, 0.2) is 0 Å². The minimum absolute atomic E-state index is 0. The Balaban J connectivity index is 0.00000208. The van der Waals surface area contributed by atoms with Crippen LogP contribution < -0.4 is 11.1 Å². The van der Waals surface area contributed by atoms with Gasteiger partial charge in [-0.25, -0.2) is 4.39 Å². The highest BCUT2D eigenvalue weighted by molar-refractivity contribution is 5.87. The molecule has 0 saturated heterocycles. The van der Waals surface area contributed by atoms with Crippen molar-refractivity contribution in [3.05, 3.63) is 35.6 Å². The van der Waals surface area contributed by atoms with Gasteiger partial charge in [-0.3, -0.25) is 4.79 Å². The standard InChI is InChI=1S/C19H27FN2O.ClH/c1-19(2,14-7-4-8-15(20)11-14)18(23)22-17-12-5-3-6-13(17)10-16(21)9-12;/h4,7-8,11-13,16-17H,3,5-6,9-10,21H2,1-2H3,(H,22,23);1H. The van der Waals surface area contributed by atoms with Gasteiger partial charge < -0.3 is 11.1 Å². The maximum atomic E-state index is 13.5. The maximum Gasteiger partial charge on any atom is 0.230 e. The minimum Gasteiger partial charge on any atom is -0.352 e. The Labute approximate surface area is 150 Å². The van der Waals surface area contributed by atoms with Crippen molar-refractivity contribution >= 4 is 18.3 Å². The summed E-state index contributed by atoms with van der Waals surface area (Å²) in [5, 5.41) is 3.28. The molecule has 0 radical (unpaired) electrons. The van der Waals surface area contributed by atoms with Crippen molar-refractivity contribution in [1.82, 2.24) is 5.32 Å². The Morgan fingerprint density at radius 2 is 1.88 bits per heavy atom. The van der Waals surface area contributed by atoms with Crippen LogP contribution in [0.15, 0.2) is 24.3 Å². The van der Waals surface area contributed by atoms with E-state index in [2.05, 4.69) is 5.32 Å². The van der Waals surface area contributed by atoms with Crippen LogP contribution in [-0.4, -0.2) is 18.0 Å². The lowest BCUT2D eigenvalue weighted by atomic mass is 9.66. The highest BCUT2D eigenvalue weighted by Gasteiger charge is 2.42. The first-order chi connectivity index (χ1) is 10.9. The fraction of sp³-hybridized carbons (Fsp3) is 0.632. The molecule has 1 aromatic rings. The summed E-state index contributed by atoms with van der Waals surface area (Å²) < 4.78 is 13.5. The van der Waals surface area contributed by atoms with E-state index in [0.29, 0.717) is 17.4 Å². The first-order valence-corrected chi connectivity index (χ1v) is 8.70. The number of hydrogen-bond acceptors (Lipinski definition) is 2. The Bertz CT molecular complexity index is 578. The van der Waals surface area contributed by atoms with Crippen LogP contribution in [0.25, 0.3) is 0 Å². The molecule has 24 heavy (non-hydrogen) atoms. The van der Waals surface area contributed by atoms with E-state index < -0.39 is 5.41 Å². The van der Waals surface area contributed by atoms with E-state index in [1.165, 1.54) is 18.6 Å². The molecule has 3 nitrogen and oxygen atoms in total. The Morgan fingerprint density at radius 3 is 2.46 bits per heavy atom. The van der Waals surface area contributed by atoms with E-state index >= 15 is 0 Å². The normalized spacial score (nSPS) is 29.5. The zero-order valence-electron chi connectivity index (χ0n) is 14.4. The fourth-order valence-corrected chi connectivity index (χ4v) is 4.36. The highest BCUT2D eigenvalue weighted by atomic mass is 35.5. The Hall–Kier alpha value is -1.13. The lowest BCUT2D eigenvalue weighted by Crippen LogP contribution is -2.56. The van der Waals surface area contributed by atoms with Crippen LogP contribution in [0.5, 0.6) is 0 Å². The van der Waals surface area contributed by atoms with Crippen LogP contribution in [0.3, 0.4) is 0 Å². The molecule has 0 aromatic heterocycles. The van der Waals surface area contributed by atoms with E-state index in [-0.39, 0.29) is 36.2 Å². The van der Waals surface area contributed by atoms with Gasteiger partial charge in [-0.15, -0.1) is 12.4 Å². The van der Waals surface area contributed by atoms with Crippen molar-refractivity contribution in [3.63, 3.8) is 0 Å². The summed E-state index contributed by atoms with van der Waals surface area (Å²) in [5.41, 5.74) is 6.13. The Kier molecular flexibility index (Phi) is 5.92. The number of rotatable bonds is 3. The largest absolute Gasteiger partial charge is 0.352 e. The lowest BCUT2D eigenvalue weighted by Gasteiger charge is -2.46. The van der Waals surface area contributed by atoms with Crippen molar-refractivity contribution in [2.75, 3.05) is 0 Å². The summed E-state index contributed by atoms with van der Waals surface area (Å²) in [6, 6.07) is 6.84. The van der Waals surface area contributed by atoms with Crippen molar-refractivity contribution in [1.29, 1.82) is 0 Å². The minimum atomic E-state index is -0.740. The average molecular weight is 355 g/mol. The number of carbonyl (C=O) groups excluding carboxylic acids is 1. The van der Waals surface area contributed by atoms with Gasteiger partial charge >= 0.3 is 0 Å². The smallest absolute Gasteiger partial charge is 0.230 e. The van der Waals surface area contributed by atoms with Gasteiger partial charge in [-0.2, -0.15) is 0 Å². The third-order valence-electron chi connectivity index (χ3n) is 5.79. The van der Waals surface area contributed by atoms with Crippen LogP contribution >= 0.6 is 12.4 Å². The second-order valence-corrected chi connectivity index (χ2v) is 7.82. The number of fused-ring (bicyclic) bond motifs is 2. The summed E-state index contributed by atoms with van der Waals surface area (Å²) in [7, 11) is 0. The zero-order valence-corrected chi connectivity index (χ0v) is 15.2. The molecule has 0 heterocycles. The molecule has 2 aliphatic carbocycles. The monoisotopic (exact) mass is 354 g/mol. The van der Waals surface area contributed by atoms with Crippen LogP contribution in [0.1, 0.15) is 51.5 Å². The molecule has 1 aromatic carbocycles. The topological polar surface area (TPSA) is 55.1 Å². The molecule has 2 bridgehead atoms. The van der Waals surface area contributed by atoms with Crippen molar-refractivity contribution in [2.45, 2.75) is 63.5 Å². The molecule has 0 spiro atoms. The molecule has 5 heteroatoms. The molecular weight excluding hydrogens is 327 g/mol. The van der Waals surface area contributed by atoms with E-state index in [1.807, 2.05) is 19.9 Å². The van der Waals surface area contributed by atoms with Gasteiger partial charge in [0.05, 0.1) is 5.41 Å². The lowest BCUT2D eigenvalue weighted by molar-refractivity contribution is -0.128. The van der Waals surface area contributed by atoms with Crippen LogP contribution in [0.4, 0.5) is 4.39 Å². The van der Waals surface area contributed by atoms with Crippen molar-refractivity contribution < 1.29 is 9.18 Å². The van der Waals surface area contributed by atoms with Gasteiger partial charge in [0, 0.05) is 12.1 Å². The van der Waals surface area contributed by atoms with Crippen LogP contribution in [0.2, 0.25) is 0 Å². The third kappa shape index (κ3) is 3.75. The second kappa shape index (κ2) is 7.40. The van der Waals surface area contributed by atoms with Gasteiger partial charge in [0.2, 0.25) is 5.91 Å². The number of halogens is 2. The van der Waals surface area contributed by atoms with E-state index in [4.69, 9.17) is 5.73 Å². The molecule has 1 amide bonds. The van der Waals surface area contributed by atoms with Gasteiger partial charge in [-0.05, 0) is 69.1 Å². The predicted molar refractivity (Wildman–Crippen MR) is 96.6 cm³/mol.